The van der Waals surface area contributed by atoms with Gasteiger partial charge in [-0.3, -0.25) is 9.20 Å². The van der Waals surface area contributed by atoms with Gasteiger partial charge in [-0.25, -0.2) is 19.7 Å². The Kier molecular flexibility index (Phi) is 8.65. The minimum absolute atomic E-state index is 0.145. The predicted molar refractivity (Wildman–Crippen MR) is 139 cm³/mol. The van der Waals surface area contributed by atoms with E-state index in [0.29, 0.717) is 24.6 Å². The maximum absolute atomic E-state index is 13.0. The van der Waals surface area contributed by atoms with Gasteiger partial charge in [0, 0.05) is 30.9 Å². The van der Waals surface area contributed by atoms with E-state index in [1.54, 1.807) is 11.3 Å². The highest BCUT2D eigenvalue weighted by molar-refractivity contribution is 7.09. The number of nitrogens with one attached hydrogen (secondary N) is 1. The number of carboxylic acid groups (broad SMARTS) is 1. The van der Waals surface area contributed by atoms with Crippen LogP contribution in [0.5, 0.6) is 0 Å². The summed E-state index contributed by atoms with van der Waals surface area (Å²) in [5.74, 6) is -1.35. The summed E-state index contributed by atoms with van der Waals surface area (Å²) in [6, 6.07) is 5.79. The van der Waals surface area contributed by atoms with E-state index in [9.17, 15) is 18.0 Å². The largest absolute Gasteiger partial charge is 0.490 e. The Balaban J connectivity index is 0.000000448. The van der Waals surface area contributed by atoms with Crippen molar-refractivity contribution in [3.63, 3.8) is 0 Å². The molecule has 39 heavy (non-hydrogen) atoms. The average molecular weight is 564 g/mol. The average Bonchev–Trinajstić information content (AvgIpc) is 3.67. The molecule has 2 N–H and O–H groups in total. The van der Waals surface area contributed by atoms with Crippen LogP contribution in [-0.2, 0) is 11.3 Å². The van der Waals surface area contributed by atoms with Crippen LogP contribution in [0, 0.1) is 13.8 Å². The maximum atomic E-state index is 13.0. The second kappa shape index (κ2) is 11.9. The highest BCUT2D eigenvalue weighted by Crippen LogP contribution is 2.23. The first-order chi connectivity index (χ1) is 18.5. The molecule has 0 radical (unpaired) electrons. The van der Waals surface area contributed by atoms with Crippen LogP contribution in [0.1, 0.15) is 39.9 Å². The van der Waals surface area contributed by atoms with Crippen LogP contribution in [0.15, 0.2) is 36.0 Å². The molecule has 0 unspecified atom stereocenters. The number of amides is 1. The summed E-state index contributed by atoms with van der Waals surface area (Å²) in [5.41, 5.74) is 2.98. The van der Waals surface area contributed by atoms with Crippen molar-refractivity contribution in [2.75, 3.05) is 26.2 Å². The van der Waals surface area contributed by atoms with Crippen LogP contribution in [0.4, 0.5) is 13.2 Å². The number of aromatic nitrogens is 5. The first-order valence-corrected chi connectivity index (χ1v) is 13.1. The summed E-state index contributed by atoms with van der Waals surface area (Å²) < 4.78 is 35.7. The van der Waals surface area contributed by atoms with Crippen molar-refractivity contribution >= 4 is 28.7 Å². The second-order valence-electron chi connectivity index (χ2n) is 9.01. The Hall–Kier alpha value is -3.78. The predicted octanol–water partition coefficient (Wildman–Crippen LogP) is 3.78. The molecule has 5 rings (SSSR count). The molecule has 4 aromatic heterocycles. The number of carbonyl (C=O) groups is 2. The van der Waals surface area contributed by atoms with Gasteiger partial charge in [-0.1, -0.05) is 6.07 Å². The van der Waals surface area contributed by atoms with Crippen LogP contribution in [-0.4, -0.2) is 78.2 Å². The summed E-state index contributed by atoms with van der Waals surface area (Å²) in [6.07, 6.45) is 1.33. The number of halogens is 3. The van der Waals surface area contributed by atoms with Crippen molar-refractivity contribution in [2.24, 2.45) is 0 Å². The fourth-order valence-electron chi connectivity index (χ4n) is 4.23. The number of alkyl halides is 3. The molecule has 10 nitrogen and oxygen atoms in total. The number of aliphatic carboxylic acids is 1. The Morgan fingerprint density at radius 3 is 2.49 bits per heavy atom. The molecule has 1 saturated heterocycles. The summed E-state index contributed by atoms with van der Waals surface area (Å²) in [4.78, 5) is 38.3. The third-order valence-corrected chi connectivity index (χ3v) is 6.94. The molecule has 1 amide bonds. The molecule has 1 aliphatic rings. The van der Waals surface area contributed by atoms with Crippen molar-refractivity contribution < 1.29 is 27.9 Å². The fraction of sp³-hybridized carbons (Fsp3) is 0.400. The molecule has 0 bridgehead atoms. The van der Waals surface area contributed by atoms with Gasteiger partial charge >= 0.3 is 12.1 Å². The van der Waals surface area contributed by atoms with E-state index in [-0.39, 0.29) is 5.91 Å². The van der Waals surface area contributed by atoms with Gasteiger partial charge in [0.2, 0.25) is 0 Å². The van der Waals surface area contributed by atoms with Gasteiger partial charge in [0.05, 0.1) is 22.8 Å². The molecule has 0 saturated carbocycles. The molecular weight excluding hydrogens is 535 g/mol. The molecule has 1 aliphatic heterocycles. The lowest BCUT2D eigenvalue weighted by atomic mass is 10.3. The molecule has 0 spiro atoms. The first kappa shape index (κ1) is 28.2. The zero-order valence-electron chi connectivity index (χ0n) is 21.4. The summed E-state index contributed by atoms with van der Waals surface area (Å²) >= 11 is 1.65. The molecular formula is C25H28F3N7O3S. The van der Waals surface area contributed by atoms with Gasteiger partial charge < -0.3 is 19.9 Å². The molecule has 4 aromatic rings. The SMILES string of the molecule is Cc1nc(Cn2cc(-c3nc(C(=O)NCCN4CCCC4)c4ccccn34)nc2C)cs1.O=C(O)C(F)(F)F. The monoisotopic (exact) mass is 563 g/mol. The molecule has 5 heterocycles. The van der Waals surface area contributed by atoms with Crippen molar-refractivity contribution in [1.82, 2.24) is 34.1 Å². The summed E-state index contributed by atoms with van der Waals surface area (Å²) in [5, 5.41) is 13.3. The number of carboxylic acids is 1. The Morgan fingerprint density at radius 2 is 1.85 bits per heavy atom. The van der Waals surface area contributed by atoms with Gasteiger partial charge in [-0.15, -0.1) is 11.3 Å². The van der Waals surface area contributed by atoms with E-state index in [1.807, 2.05) is 48.8 Å². The molecule has 0 atom stereocenters. The van der Waals surface area contributed by atoms with Crippen molar-refractivity contribution in [3.05, 3.63) is 58.2 Å². The van der Waals surface area contributed by atoms with Gasteiger partial charge in [-0.2, -0.15) is 13.2 Å². The smallest absolute Gasteiger partial charge is 0.475 e. The van der Waals surface area contributed by atoms with Crippen LogP contribution < -0.4 is 5.32 Å². The van der Waals surface area contributed by atoms with Gasteiger partial charge in [-0.05, 0) is 51.9 Å². The number of carbonyl (C=O) groups excluding carboxylic acids is 1. The number of rotatable bonds is 7. The topological polar surface area (TPSA) is 118 Å². The highest BCUT2D eigenvalue weighted by atomic mass is 32.1. The molecule has 0 aromatic carbocycles. The van der Waals surface area contributed by atoms with E-state index < -0.39 is 12.1 Å². The van der Waals surface area contributed by atoms with Crippen molar-refractivity contribution in [3.8, 4) is 11.5 Å². The van der Waals surface area contributed by atoms with Gasteiger partial charge in [0.25, 0.3) is 5.91 Å². The summed E-state index contributed by atoms with van der Waals surface area (Å²) in [6.45, 7) is 8.40. The standard InChI is InChI=1S/C23H27N7OS.C2HF3O2/c1-16-25-19(14-29(16)13-18-15-32-17(2)26-18)22-27-21(20-7-3-4-11-30(20)22)23(31)24-8-12-28-9-5-6-10-28;3-2(4,5)1(6)7/h3-4,7,11,14-15H,5-6,8-10,12-13H2,1-2H3,(H,24,31);(H,6,7). The number of likely N-dealkylation sites (tertiary alicyclic amines) is 1. The lowest BCUT2D eigenvalue weighted by Crippen LogP contribution is -2.33. The van der Waals surface area contributed by atoms with Crippen molar-refractivity contribution in [2.45, 2.75) is 39.4 Å². The van der Waals surface area contributed by atoms with Crippen LogP contribution in [0.2, 0.25) is 0 Å². The second-order valence-corrected chi connectivity index (χ2v) is 10.1. The highest BCUT2D eigenvalue weighted by Gasteiger charge is 2.38. The van der Waals surface area contributed by atoms with Gasteiger partial charge in [0.1, 0.15) is 11.5 Å². The number of aryl methyl sites for hydroxylation is 2. The third-order valence-electron chi connectivity index (χ3n) is 6.12. The normalized spacial score (nSPS) is 13.9. The Morgan fingerprint density at radius 1 is 1.13 bits per heavy atom. The Labute approximate surface area is 226 Å². The molecule has 208 valence electrons. The number of hydrogen-bond acceptors (Lipinski definition) is 7. The number of imidazole rings is 2. The number of nitrogens with zero attached hydrogens (tertiary/aromatic N) is 6. The van der Waals surface area contributed by atoms with E-state index in [2.05, 4.69) is 25.1 Å². The van der Waals surface area contributed by atoms with E-state index >= 15 is 0 Å². The zero-order valence-corrected chi connectivity index (χ0v) is 22.2. The quantitative estimate of drug-likeness (QED) is 0.352. The molecule has 14 heteroatoms. The molecule has 0 aliphatic carbocycles. The third kappa shape index (κ3) is 7.00. The van der Waals surface area contributed by atoms with E-state index in [1.165, 1.54) is 12.8 Å². The number of thiazole rings is 1. The van der Waals surface area contributed by atoms with Crippen LogP contribution >= 0.6 is 11.3 Å². The van der Waals surface area contributed by atoms with Crippen molar-refractivity contribution in [1.29, 1.82) is 0 Å². The minimum Gasteiger partial charge on any atom is -0.475 e. The van der Waals surface area contributed by atoms with E-state index in [4.69, 9.17) is 19.9 Å². The lowest BCUT2D eigenvalue weighted by Gasteiger charge is -2.14. The number of pyridine rings is 1. The summed E-state index contributed by atoms with van der Waals surface area (Å²) in [7, 11) is 0. The zero-order chi connectivity index (χ0) is 28.2. The van der Waals surface area contributed by atoms with Crippen LogP contribution in [0.3, 0.4) is 0 Å². The first-order valence-electron chi connectivity index (χ1n) is 12.3. The van der Waals surface area contributed by atoms with Crippen LogP contribution in [0.25, 0.3) is 17.0 Å². The molecule has 1 fully saturated rings. The fourth-order valence-corrected chi connectivity index (χ4v) is 4.84. The Bertz CT molecular complexity index is 1450. The maximum Gasteiger partial charge on any atom is 0.490 e. The number of fused-ring (bicyclic) bond motifs is 1. The lowest BCUT2D eigenvalue weighted by molar-refractivity contribution is -0.192. The number of hydrogen-bond donors (Lipinski definition) is 2. The van der Waals surface area contributed by atoms with E-state index in [0.717, 1.165) is 47.4 Å². The van der Waals surface area contributed by atoms with Gasteiger partial charge in [0.15, 0.2) is 11.5 Å². The minimum atomic E-state index is -5.08.